The predicted molar refractivity (Wildman–Crippen MR) is 83.6 cm³/mol. The van der Waals surface area contributed by atoms with Gasteiger partial charge in [0.25, 0.3) is 0 Å². The highest BCUT2D eigenvalue weighted by molar-refractivity contribution is 6.30. The van der Waals surface area contributed by atoms with Crippen LogP contribution >= 0.6 is 11.6 Å². The number of nitrogens with two attached hydrogens (primary N) is 1. The Morgan fingerprint density at radius 2 is 1.95 bits per heavy atom. The highest BCUT2D eigenvalue weighted by Gasteiger charge is 2.17. The molecule has 0 radical (unpaired) electrons. The van der Waals surface area contributed by atoms with Crippen molar-refractivity contribution in [1.82, 2.24) is 5.43 Å². The van der Waals surface area contributed by atoms with Crippen LogP contribution in [-0.4, -0.2) is 0 Å². The molecule has 0 saturated heterocycles. The number of hydrazine groups is 1. The van der Waals surface area contributed by atoms with E-state index in [9.17, 15) is 4.39 Å². The lowest BCUT2D eigenvalue weighted by Gasteiger charge is -2.18. The molecule has 0 heterocycles. The maximum absolute atomic E-state index is 14.0. The third kappa shape index (κ3) is 3.10. The minimum atomic E-state index is -0.327. The molecule has 1 aliphatic rings. The van der Waals surface area contributed by atoms with Crippen LogP contribution in [0.1, 0.15) is 34.7 Å². The molecule has 0 spiro atoms. The first-order valence-electron chi connectivity index (χ1n) is 7.19. The van der Waals surface area contributed by atoms with Gasteiger partial charge in [0.05, 0.1) is 6.04 Å². The van der Waals surface area contributed by atoms with E-state index >= 15 is 0 Å². The summed E-state index contributed by atoms with van der Waals surface area (Å²) in [4.78, 5) is 0. The fourth-order valence-corrected chi connectivity index (χ4v) is 3.19. The van der Waals surface area contributed by atoms with Crippen LogP contribution in [-0.2, 0) is 19.3 Å². The lowest BCUT2D eigenvalue weighted by molar-refractivity contribution is 0.510. The molecule has 21 heavy (non-hydrogen) atoms. The first kappa shape index (κ1) is 14.5. The Morgan fingerprint density at radius 3 is 2.71 bits per heavy atom. The maximum atomic E-state index is 14.0. The van der Waals surface area contributed by atoms with E-state index in [1.165, 1.54) is 35.6 Å². The van der Waals surface area contributed by atoms with Crippen LogP contribution in [0, 0.1) is 5.82 Å². The zero-order valence-electron chi connectivity index (χ0n) is 11.7. The number of hydrogen-bond donors (Lipinski definition) is 2. The smallest absolute Gasteiger partial charge is 0.129 e. The molecule has 0 aliphatic heterocycles. The molecule has 0 amide bonds. The van der Waals surface area contributed by atoms with Crippen molar-refractivity contribution < 1.29 is 4.39 Å². The average molecular weight is 305 g/mol. The van der Waals surface area contributed by atoms with Gasteiger partial charge >= 0.3 is 0 Å². The van der Waals surface area contributed by atoms with Gasteiger partial charge in [0.2, 0.25) is 0 Å². The first-order chi connectivity index (χ1) is 10.2. The molecule has 1 unspecified atom stereocenters. The number of rotatable bonds is 4. The van der Waals surface area contributed by atoms with Gasteiger partial charge in [-0.2, -0.15) is 0 Å². The third-order valence-corrected chi connectivity index (χ3v) is 4.38. The van der Waals surface area contributed by atoms with Crippen molar-refractivity contribution in [3.8, 4) is 0 Å². The van der Waals surface area contributed by atoms with Crippen LogP contribution < -0.4 is 11.3 Å². The molecule has 2 nitrogen and oxygen atoms in total. The molecule has 3 N–H and O–H groups in total. The minimum absolute atomic E-state index is 0.262. The second-order valence-corrected chi connectivity index (χ2v) is 5.98. The van der Waals surface area contributed by atoms with Gasteiger partial charge in [-0.1, -0.05) is 35.9 Å². The molecule has 1 atom stereocenters. The van der Waals surface area contributed by atoms with E-state index in [4.69, 9.17) is 17.4 Å². The largest absolute Gasteiger partial charge is 0.271 e. The van der Waals surface area contributed by atoms with Crippen molar-refractivity contribution >= 4 is 11.6 Å². The van der Waals surface area contributed by atoms with Crippen molar-refractivity contribution in [2.45, 2.75) is 31.7 Å². The van der Waals surface area contributed by atoms with Crippen molar-refractivity contribution in [3.63, 3.8) is 0 Å². The van der Waals surface area contributed by atoms with Gasteiger partial charge in [0, 0.05) is 10.6 Å². The van der Waals surface area contributed by atoms with Crippen LogP contribution in [0.25, 0.3) is 0 Å². The first-order valence-corrected chi connectivity index (χ1v) is 7.57. The number of fused-ring (bicyclic) bond motifs is 1. The molecule has 110 valence electrons. The summed E-state index contributed by atoms with van der Waals surface area (Å²) in [6.45, 7) is 0. The summed E-state index contributed by atoms with van der Waals surface area (Å²) in [6.07, 6.45) is 4.19. The zero-order valence-corrected chi connectivity index (χ0v) is 12.5. The summed E-state index contributed by atoms with van der Waals surface area (Å²) < 4.78 is 14.0. The lowest BCUT2D eigenvalue weighted by atomic mass is 9.96. The molecule has 0 saturated carbocycles. The summed E-state index contributed by atoms with van der Waals surface area (Å²) in [5.74, 6) is 5.30. The molecular formula is C17H18ClFN2. The Morgan fingerprint density at radius 1 is 1.14 bits per heavy atom. The summed E-state index contributed by atoms with van der Waals surface area (Å²) in [5, 5.41) is 0.393. The quantitative estimate of drug-likeness (QED) is 0.667. The van der Waals surface area contributed by atoms with Crippen LogP contribution in [0.4, 0.5) is 4.39 Å². The van der Waals surface area contributed by atoms with Gasteiger partial charge < -0.3 is 0 Å². The van der Waals surface area contributed by atoms with Gasteiger partial charge in [0.1, 0.15) is 5.82 Å². The Balaban J connectivity index is 1.84. The van der Waals surface area contributed by atoms with Crippen LogP contribution in [0.3, 0.4) is 0 Å². The van der Waals surface area contributed by atoms with Crippen LogP contribution in [0.15, 0.2) is 36.4 Å². The summed E-state index contributed by atoms with van der Waals surface area (Å²) in [6, 6.07) is 11.0. The van der Waals surface area contributed by atoms with E-state index in [1.807, 2.05) is 0 Å². The van der Waals surface area contributed by atoms with E-state index < -0.39 is 0 Å². The average Bonchev–Trinajstić information content (AvgIpc) is 2.93. The minimum Gasteiger partial charge on any atom is -0.271 e. The Labute approximate surface area is 129 Å². The van der Waals surface area contributed by atoms with Crippen LogP contribution in [0.2, 0.25) is 5.02 Å². The van der Waals surface area contributed by atoms with Gasteiger partial charge in [-0.05, 0) is 54.5 Å². The van der Waals surface area contributed by atoms with Crippen molar-refractivity contribution in [1.29, 1.82) is 0 Å². The maximum Gasteiger partial charge on any atom is 0.129 e. The highest BCUT2D eigenvalue weighted by Crippen LogP contribution is 2.27. The topological polar surface area (TPSA) is 38.0 Å². The second-order valence-electron chi connectivity index (χ2n) is 5.55. The summed E-state index contributed by atoms with van der Waals surface area (Å²) in [7, 11) is 0. The molecule has 0 aromatic heterocycles. The van der Waals surface area contributed by atoms with E-state index in [0.717, 1.165) is 6.42 Å². The van der Waals surface area contributed by atoms with Gasteiger partial charge in [0.15, 0.2) is 0 Å². The molecule has 0 bridgehead atoms. The number of halogens is 2. The zero-order chi connectivity index (χ0) is 14.8. The summed E-state index contributed by atoms with van der Waals surface area (Å²) in [5.41, 5.74) is 7.28. The standard InChI is InChI=1S/C17H18ClFN2/c18-14-6-7-15(16(19)10-14)17(21-20)9-11-4-5-12-2-1-3-13(12)8-11/h4-8,10,17,21H,1-3,9,20H2. The van der Waals surface area contributed by atoms with E-state index in [2.05, 4.69) is 23.6 Å². The number of benzene rings is 2. The van der Waals surface area contributed by atoms with E-state index in [0.29, 0.717) is 17.0 Å². The molecule has 4 heteroatoms. The second kappa shape index (κ2) is 6.14. The summed E-state index contributed by atoms with van der Waals surface area (Å²) >= 11 is 5.80. The Hall–Kier alpha value is -1.42. The Bertz CT molecular complexity index is 657. The molecule has 2 aromatic carbocycles. The molecule has 0 fully saturated rings. The fraction of sp³-hybridized carbons (Fsp3) is 0.294. The van der Waals surface area contributed by atoms with Crippen molar-refractivity contribution in [2.75, 3.05) is 0 Å². The van der Waals surface area contributed by atoms with Crippen molar-refractivity contribution in [2.24, 2.45) is 5.84 Å². The third-order valence-electron chi connectivity index (χ3n) is 4.14. The highest BCUT2D eigenvalue weighted by atomic mass is 35.5. The van der Waals surface area contributed by atoms with Gasteiger partial charge in [-0.3, -0.25) is 11.3 Å². The number of nitrogens with one attached hydrogen (secondary N) is 1. The normalized spacial score (nSPS) is 15.0. The lowest BCUT2D eigenvalue weighted by Crippen LogP contribution is -2.30. The van der Waals surface area contributed by atoms with Gasteiger partial charge in [-0.15, -0.1) is 0 Å². The molecule has 3 rings (SSSR count). The molecular weight excluding hydrogens is 287 g/mol. The van der Waals surface area contributed by atoms with Gasteiger partial charge in [-0.25, -0.2) is 4.39 Å². The van der Waals surface area contributed by atoms with Crippen molar-refractivity contribution in [3.05, 3.63) is 69.5 Å². The van der Waals surface area contributed by atoms with Crippen LogP contribution in [0.5, 0.6) is 0 Å². The number of aryl methyl sites for hydroxylation is 2. The Kier molecular flexibility index (Phi) is 4.24. The monoisotopic (exact) mass is 304 g/mol. The SMILES string of the molecule is NNC(Cc1ccc2c(c1)CCC2)c1ccc(Cl)cc1F. The number of hydrogen-bond acceptors (Lipinski definition) is 2. The molecule has 1 aliphatic carbocycles. The molecule has 2 aromatic rings. The van der Waals surface area contributed by atoms with E-state index in [-0.39, 0.29) is 11.9 Å². The predicted octanol–water partition coefficient (Wildman–Crippen LogP) is 3.71. The van der Waals surface area contributed by atoms with E-state index in [1.54, 1.807) is 12.1 Å². The fourth-order valence-electron chi connectivity index (χ4n) is 3.03.